The van der Waals surface area contributed by atoms with Crippen molar-refractivity contribution in [3.05, 3.63) is 23.0 Å². The Morgan fingerprint density at radius 1 is 1.50 bits per heavy atom. The number of ether oxygens (including phenoxy) is 1. The fourth-order valence-corrected chi connectivity index (χ4v) is 4.01. The largest absolute Gasteiger partial charge is 0.497 e. The summed E-state index contributed by atoms with van der Waals surface area (Å²) in [6.07, 6.45) is 2.50. The Morgan fingerprint density at radius 2 is 2.39 bits per heavy atom. The maximum Gasteiger partial charge on any atom is 0.178 e. The molecule has 3 rings (SSSR count). The van der Waals surface area contributed by atoms with E-state index in [1.807, 2.05) is 23.9 Å². The van der Waals surface area contributed by atoms with E-state index in [4.69, 9.17) is 17.0 Å². The molecule has 0 radical (unpaired) electrons. The van der Waals surface area contributed by atoms with Gasteiger partial charge in [-0.25, -0.2) is 0 Å². The summed E-state index contributed by atoms with van der Waals surface area (Å²) in [5.41, 5.74) is 2.25. The Labute approximate surface area is 116 Å². The number of fused-ring (bicyclic) bond motifs is 1. The SMILES string of the molecule is COc1ccc2c(c1)[nH]c(=S)n2C1CCCSC1. The molecule has 1 saturated heterocycles. The number of rotatable bonds is 2. The lowest BCUT2D eigenvalue weighted by molar-refractivity contribution is 0.415. The van der Waals surface area contributed by atoms with Crippen LogP contribution in [0.4, 0.5) is 0 Å². The third-order valence-electron chi connectivity index (χ3n) is 3.43. The second-order valence-corrected chi connectivity index (χ2v) is 6.09. The quantitative estimate of drug-likeness (QED) is 0.849. The van der Waals surface area contributed by atoms with E-state index in [-0.39, 0.29) is 0 Å². The molecule has 0 saturated carbocycles. The molecule has 1 atom stereocenters. The Hall–Kier alpha value is -0.940. The molecule has 1 aromatic carbocycles. The number of H-pyrrole nitrogens is 1. The molecular weight excluding hydrogens is 264 g/mol. The second-order valence-electron chi connectivity index (χ2n) is 4.55. The first-order chi connectivity index (χ1) is 8.79. The molecule has 18 heavy (non-hydrogen) atoms. The maximum atomic E-state index is 5.47. The van der Waals surface area contributed by atoms with Gasteiger partial charge in [-0.15, -0.1) is 0 Å². The minimum absolute atomic E-state index is 0.526. The molecular formula is C13H16N2OS2. The molecule has 96 valence electrons. The van der Waals surface area contributed by atoms with E-state index in [0.717, 1.165) is 21.8 Å². The van der Waals surface area contributed by atoms with E-state index < -0.39 is 0 Å². The predicted molar refractivity (Wildman–Crippen MR) is 79.3 cm³/mol. The molecule has 1 aromatic heterocycles. The van der Waals surface area contributed by atoms with Crippen molar-refractivity contribution in [2.75, 3.05) is 18.6 Å². The molecule has 3 nitrogen and oxygen atoms in total. The van der Waals surface area contributed by atoms with Crippen molar-refractivity contribution in [1.29, 1.82) is 0 Å². The zero-order valence-corrected chi connectivity index (χ0v) is 11.9. The fraction of sp³-hybridized carbons (Fsp3) is 0.462. The minimum Gasteiger partial charge on any atom is -0.497 e. The minimum atomic E-state index is 0.526. The summed E-state index contributed by atoms with van der Waals surface area (Å²) in [6.45, 7) is 0. The molecule has 0 aliphatic carbocycles. The van der Waals surface area contributed by atoms with Crippen molar-refractivity contribution < 1.29 is 4.74 Å². The van der Waals surface area contributed by atoms with E-state index in [1.54, 1.807) is 7.11 Å². The molecule has 1 N–H and O–H groups in total. The number of aromatic amines is 1. The second kappa shape index (κ2) is 4.97. The lowest BCUT2D eigenvalue weighted by atomic mass is 10.2. The van der Waals surface area contributed by atoms with Gasteiger partial charge in [0.05, 0.1) is 18.1 Å². The van der Waals surface area contributed by atoms with Gasteiger partial charge in [-0.1, -0.05) is 0 Å². The van der Waals surface area contributed by atoms with Crippen molar-refractivity contribution in [1.82, 2.24) is 9.55 Å². The third kappa shape index (κ3) is 2.06. The van der Waals surface area contributed by atoms with Crippen LogP contribution in [0.5, 0.6) is 5.75 Å². The molecule has 0 bridgehead atoms. The molecule has 2 heterocycles. The number of thioether (sulfide) groups is 1. The van der Waals surface area contributed by atoms with Crippen molar-refractivity contribution in [2.45, 2.75) is 18.9 Å². The number of imidazole rings is 1. The summed E-state index contributed by atoms with van der Waals surface area (Å²) in [6, 6.07) is 6.63. The van der Waals surface area contributed by atoms with Crippen LogP contribution in [0.15, 0.2) is 18.2 Å². The van der Waals surface area contributed by atoms with Gasteiger partial charge in [0.15, 0.2) is 4.77 Å². The van der Waals surface area contributed by atoms with Crippen molar-refractivity contribution >= 4 is 35.0 Å². The van der Waals surface area contributed by atoms with Crippen LogP contribution in [-0.4, -0.2) is 28.2 Å². The lowest BCUT2D eigenvalue weighted by Gasteiger charge is -2.23. The Balaban J connectivity index is 2.10. The van der Waals surface area contributed by atoms with Crippen molar-refractivity contribution in [3.8, 4) is 5.75 Å². The monoisotopic (exact) mass is 280 g/mol. The molecule has 2 aromatic rings. The first-order valence-electron chi connectivity index (χ1n) is 6.15. The summed E-state index contributed by atoms with van der Waals surface area (Å²) in [4.78, 5) is 3.29. The van der Waals surface area contributed by atoms with Crippen LogP contribution in [0.3, 0.4) is 0 Å². The molecule has 1 aliphatic rings. The average Bonchev–Trinajstić information content (AvgIpc) is 2.74. The number of nitrogens with one attached hydrogen (secondary N) is 1. The predicted octanol–water partition coefficient (Wildman–Crippen LogP) is 3.78. The molecule has 1 fully saturated rings. The number of nitrogens with zero attached hydrogens (tertiary/aromatic N) is 1. The van der Waals surface area contributed by atoms with Gasteiger partial charge < -0.3 is 14.3 Å². The standard InChI is InChI=1S/C13H16N2OS2/c1-16-10-4-5-12-11(7-10)14-13(17)15(12)9-3-2-6-18-8-9/h4-5,7,9H,2-3,6,8H2,1H3,(H,14,17). The highest BCUT2D eigenvalue weighted by molar-refractivity contribution is 7.99. The van der Waals surface area contributed by atoms with Crippen molar-refractivity contribution in [3.63, 3.8) is 0 Å². The van der Waals surface area contributed by atoms with Gasteiger partial charge in [0.2, 0.25) is 0 Å². The van der Waals surface area contributed by atoms with Gasteiger partial charge in [-0.3, -0.25) is 0 Å². The zero-order valence-electron chi connectivity index (χ0n) is 10.3. The van der Waals surface area contributed by atoms with Crippen LogP contribution < -0.4 is 4.74 Å². The Kier molecular flexibility index (Phi) is 3.35. The molecule has 5 heteroatoms. The van der Waals surface area contributed by atoms with E-state index in [1.165, 1.54) is 24.1 Å². The first-order valence-corrected chi connectivity index (χ1v) is 7.72. The third-order valence-corrected chi connectivity index (χ3v) is 4.92. The molecule has 1 unspecified atom stereocenters. The number of methoxy groups -OCH3 is 1. The topological polar surface area (TPSA) is 29.9 Å². The summed E-state index contributed by atoms with van der Waals surface area (Å²) in [5.74, 6) is 3.30. The fourth-order valence-electron chi connectivity index (χ4n) is 2.53. The highest BCUT2D eigenvalue weighted by Gasteiger charge is 2.18. The van der Waals surface area contributed by atoms with E-state index in [9.17, 15) is 0 Å². The van der Waals surface area contributed by atoms with Gasteiger partial charge in [-0.05, 0) is 42.9 Å². The van der Waals surface area contributed by atoms with Crippen LogP contribution in [-0.2, 0) is 0 Å². The van der Waals surface area contributed by atoms with Crippen LogP contribution >= 0.6 is 24.0 Å². The van der Waals surface area contributed by atoms with Crippen LogP contribution in [0.2, 0.25) is 0 Å². The summed E-state index contributed by atoms with van der Waals surface area (Å²) in [5, 5.41) is 0. The number of hydrogen-bond donors (Lipinski definition) is 1. The average molecular weight is 280 g/mol. The number of aromatic nitrogens is 2. The first kappa shape index (κ1) is 12.1. The van der Waals surface area contributed by atoms with Gasteiger partial charge in [-0.2, -0.15) is 11.8 Å². The van der Waals surface area contributed by atoms with Crippen LogP contribution in [0, 0.1) is 4.77 Å². The lowest BCUT2D eigenvalue weighted by Crippen LogP contribution is -2.16. The van der Waals surface area contributed by atoms with Gasteiger partial charge >= 0.3 is 0 Å². The van der Waals surface area contributed by atoms with Gasteiger partial charge in [0.1, 0.15) is 5.75 Å². The van der Waals surface area contributed by atoms with E-state index >= 15 is 0 Å². The van der Waals surface area contributed by atoms with Crippen molar-refractivity contribution in [2.24, 2.45) is 0 Å². The highest BCUT2D eigenvalue weighted by Crippen LogP contribution is 2.31. The van der Waals surface area contributed by atoms with Crippen LogP contribution in [0.1, 0.15) is 18.9 Å². The maximum absolute atomic E-state index is 5.47. The summed E-state index contributed by atoms with van der Waals surface area (Å²) >= 11 is 7.49. The zero-order chi connectivity index (χ0) is 12.5. The van der Waals surface area contributed by atoms with Crippen LogP contribution in [0.25, 0.3) is 11.0 Å². The molecule has 0 spiro atoms. The van der Waals surface area contributed by atoms with Gasteiger partial charge in [0, 0.05) is 17.9 Å². The van der Waals surface area contributed by atoms with E-state index in [2.05, 4.69) is 15.6 Å². The molecule has 0 amide bonds. The smallest absolute Gasteiger partial charge is 0.178 e. The summed E-state index contributed by atoms with van der Waals surface area (Å²) < 4.78 is 8.35. The van der Waals surface area contributed by atoms with Gasteiger partial charge in [0.25, 0.3) is 0 Å². The van der Waals surface area contributed by atoms with E-state index in [0.29, 0.717) is 6.04 Å². The number of benzene rings is 1. The number of hydrogen-bond acceptors (Lipinski definition) is 3. The Bertz CT molecular complexity index is 611. The summed E-state index contributed by atoms with van der Waals surface area (Å²) in [7, 11) is 1.69. The Morgan fingerprint density at radius 3 is 3.11 bits per heavy atom. The normalized spacial score (nSPS) is 20.2. The highest BCUT2D eigenvalue weighted by atomic mass is 32.2. The molecule has 1 aliphatic heterocycles.